The van der Waals surface area contributed by atoms with Crippen LogP contribution in [0.5, 0.6) is 11.5 Å². The number of hydrogen-bond donors (Lipinski definition) is 7. The predicted molar refractivity (Wildman–Crippen MR) is 322 cm³/mol. The van der Waals surface area contributed by atoms with Gasteiger partial charge in [-0.05, 0) is 136 Å². The van der Waals surface area contributed by atoms with Crippen LogP contribution in [-0.2, 0) is 56.4 Å². The number of ether oxygens (including phenoxy) is 2. The number of fused-ring (bicyclic) bond motifs is 1. The van der Waals surface area contributed by atoms with Crippen LogP contribution >= 0.6 is 0 Å². The third-order valence-corrected chi connectivity index (χ3v) is 23.0. The van der Waals surface area contributed by atoms with E-state index in [9.17, 15) is 47.1 Å². The Morgan fingerprint density at radius 2 is 1.52 bits per heavy atom. The van der Waals surface area contributed by atoms with Gasteiger partial charge in [-0.3, -0.25) is 28.8 Å². The molecule has 0 radical (unpaired) electrons. The lowest BCUT2D eigenvalue weighted by molar-refractivity contribution is -0.142. The number of sulfonamides is 1. The lowest BCUT2D eigenvalue weighted by Crippen LogP contribution is -2.59. The van der Waals surface area contributed by atoms with Crippen molar-refractivity contribution in [2.75, 3.05) is 26.7 Å². The topological polar surface area (TPSA) is 307 Å². The molecule has 0 aliphatic carbocycles. The smallest absolute Gasteiger partial charge is 0.417 e. The third-order valence-electron chi connectivity index (χ3n) is 15.4. The molecule has 6 atom stereocenters. The largest absolute Gasteiger partial charge is 0.543 e. The van der Waals surface area contributed by atoms with Crippen molar-refractivity contribution in [3.05, 3.63) is 101 Å². The standard InChI is InChI=1S/C60H87N9O13SSi/c1-36(2)84(37(3)4,38(5)6)82-45-26-23-43(24-27-45)32-44-25-28-51(71)62-34-48(63-35-70)57(76)68-29-18-22-49(68)55(74)65-46(52(72)56(75)66-47(54(73)64-44)33-42-19-15-14-16-20-42)21-17-30-69(59(77)81-60(10,11)12)58(61)67-83(78,79)53-39(7)31-50(80-13)40(8)41(53)9/h14-16,19-20,23-28,31,35-38,44,46-49,52,72H,17-18,21-22,29-30,32-34H2,1-13H3,(H2,61,67)(H,62,71)(H,63,70)(H,64,73)(H,65,74)(H,66,75)/b28-25+/t44-,46+,47-,48+,49-,52?/m1/s1. The summed E-state index contributed by atoms with van der Waals surface area (Å²) in [6.07, 6.45) is -0.0831. The first kappa shape index (κ1) is 67.5. The molecule has 0 bridgehead atoms. The summed E-state index contributed by atoms with van der Waals surface area (Å²) in [4.78, 5) is 99.2. The molecule has 2 heterocycles. The van der Waals surface area contributed by atoms with Gasteiger partial charge in [-0.15, -0.1) is 4.40 Å². The molecule has 22 nitrogen and oxygen atoms in total. The van der Waals surface area contributed by atoms with E-state index in [1.54, 1.807) is 77.9 Å². The molecule has 0 spiro atoms. The minimum absolute atomic E-state index is 0.0654. The van der Waals surface area contributed by atoms with Crippen LogP contribution < -0.4 is 41.5 Å². The van der Waals surface area contributed by atoms with Crippen LogP contribution in [0.2, 0.25) is 16.6 Å². The molecular weight excluding hydrogens is 1110 g/mol. The molecule has 2 aliphatic rings. The van der Waals surface area contributed by atoms with E-state index in [4.69, 9.17) is 19.6 Å². The highest BCUT2D eigenvalue weighted by Crippen LogP contribution is 2.43. The van der Waals surface area contributed by atoms with E-state index < -0.39 is 108 Å². The number of nitrogens with two attached hydrogens (primary N) is 1. The average Bonchev–Trinajstić information content (AvgIpc) is 3.83. The molecule has 1 fully saturated rings. The van der Waals surface area contributed by atoms with Gasteiger partial charge >= 0.3 is 6.09 Å². The average molecular weight is 1200 g/mol. The SMILES string of the molecule is COc1cc(C)c(S(=O)(=O)/N=C(\N)N(CCC[C@@H]2NC(=O)[C@H]3CCCN3C(=O)[C@@H](NC=O)CNC(=O)/C=C/[C@H](Cc3ccc(O[Si](C(C)C)(C(C)C)C(C)C)cc3)NC(=O)[C@@H](Cc3ccccc3)NC(=O)C2O)C(=O)OC(C)(C)C)c(C)c1C. The van der Waals surface area contributed by atoms with Crippen LogP contribution in [0, 0.1) is 20.8 Å². The molecule has 84 heavy (non-hydrogen) atoms. The fourth-order valence-corrected chi connectivity index (χ4v) is 17.9. The maximum Gasteiger partial charge on any atom is 0.417 e. The van der Waals surface area contributed by atoms with Gasteiger partial charge in [0.2, 0.25) is 36.0 Å². The lowest BCUT2D eigenvalue weighted by atomic mass is 10.0. The van der Waals surface area contributed by atoms with Gasteiger partial charge in [0.05, 0.1) is 24.1 Å². The number of methoxy groups -OCH3 is 1. The maximum absolute atomic E-state index is 14.7. The Labute approximate surface area is 495 Å². The molecule has 0 aromatic heterocycles. The van der Waals surface area contributed by atoms with Gasteiger partial charge in [-0.2, -0.15) is 8.42 Å². The number of hydrogen-bond acceptors (Lipinski definition) is 13. The number of nitrogens with zero attached hydrogens (tertiary/aromatic N) is 3. The zero-order valence-corrected chi connectivity index (χ0v) is 52.6. The van der Waals surface area contributed by atoms with Gasteiger partial charge in [-0.25, -0.2) is 9.69 Å². The molecule has 1 unspecified atom stereocenters. The summed E-state index contributed by atoms with van der Waals surface area (Å²) < 4.78 is 49.9. The predicted octanol–water partition coefficient (Wildman–Crippen LogP) is 5.29. The fraction of sp³-hybridized carbons (Fsp3) is 0.533. The minimum Gasteiger partial charge on any atom is -0.543 e. The number of nitrogens with one attached hydrogen (secondary N) is 5. The second kappa shape index (κ2) is 29.5. The van der Waals surface area contributed by atoms with Gasteiger partial charge in [0.1, 0.15) is 35.2 Å². The molecule has 5 rings (SSSR count). The summed E-state index contributed by atoms with van der Waals surface area (Å²) in [5.41, 5.74) is 8.86. The highest BCUT2D eigenvalue weighted by molar-refractivity contribution is 7.90. The van der Waals surface area contributed by atoms with Crippen LogP contribution in [-0.4, -0.2) is 148 Å². The van der Waals surface area contributed by atoms with Gasteiger partial charge in [0, 0.05) is 32.1 Å². The summed E-state index contributed by atoms with van der Waals surface area (Å²) in [7, 11) is -5.45. The first-order valence-electron chi connectivity index (χ1n) is 28.6. The van der Waals surface area contributed by atoms with E-state index in [2.05, 4.69) is 72.5 Å². The van der Waals surface area contributed by atoms with Crippen molar-refractivity contribution in [1.82, 2.24) is 36.4 Å². The van der Waals surface area contributed by atoms with E-state index in [-0.39, 0.29) is 50.1 Å². The Morgan fingerprint density at radius 1 is 0.893 bits per heavy atom. The molecule has 1 saturated heterocycles. The van der Waals surface area contributed by atoms with Crippen molar-refractivity contribution in [2.45, 2.75) is 185 Å². The van der Waals surface area contributed by atoms with Crippen LogP contribution in [0.15, 0.2) is 82.1 Å². The van der Waals surface area contributed by atoms with Gasteiger partial charge in [-0.1, -0.05) is 90.1 Å². The molecule has 3 aromatic rings. The number of rotatable bonds is 18. The van der Waals surface area contributed by atoms with Gasteiger partial charge in [0.15, 0.2) is 6.10 Å². The molecule has 0 saturated carbocycles. The molecular formula is C60H87N9O13SSi. The number of guanidine groups is 1. The number of carbonyl (C=O) groups is 7. The zero-order valence-electron chi connectivity index (χ0n) is 50.7. The first-order valence-corrected chi connectivity index (χ1v) is 32.1. The van der Waals surface area contributed by atoms with Crippen LogP contribution in [0.3, 0.4) is 0 Å². The maximum atomic E-state index is 14.7. The number of aryl methyl sites for hydroxylation is 1. The Hall–Kier alpha value is -7.31. The van der Waals surface area contributed by atoms with E-state index in [1.165, 1.54) is 24.2 Å². The Morgan fingerprint density at radius 3 is 2.12 bits per heavy atom. The Balaban J connectivity index is 1.54. The van der Waals surface area contributed by atoms with Crippen molar-refractivity contribution in [3.63, 3.8) is 0 Å². The molecule has 2 aliphatic heterocycles. The highest BCUT2D eigenvalue weighted by atomic mass is 32.2. The quantitative estimate of drug-likeness (QED) is 0.0369. The van der Waals surface area contributed by atoms with Crippen molar-refractivity contribution >= 4 is 66.3 Å². The fourth-order valence-electron chi connectivity index (χ4n) is 11.2. The van der Waals surface area contributed by atoms with Crippen molar-refractivity contribution in [1.29, 1.82) is 0 Å². The third kappa shape index (κ3) is 17.4. The van der Waals surface area contributed by atoms with E-state index in [0.29, 0.717) is 63.2 Å². The zero-order chi connectivity index (χ0) is 62.4. The number of amides is 7. The van der Waals surface area contributed by atoms with E-state index in [0.717, 1.165) is 10.5 Å². The monoisotopic (exact) mass is 1200 g/mol. The number of aliphatic hydroxyl groups is 1. The van der Waals surface area contributed by atoms with Crippen LogP contribution in [0.25, 0.3) is 0 Å². The first-order chi connectivity index (χ1) is 39.4. The Kier molecular flexibility index (Phi) is 23.7. The molecule has 460 valence electrons. The number of benzene rings is 3. The van der Waals surface area contributed by atoms with Crippen molar-refractivity contribution in [2.24, 2.45) is 10.1 Å². The van der Waals surface area contributed by atoms with Crippen LogP contribution in [0.4, 0.5) is 4.79 Å². The summed E-state index contributed by atoms with van der Waals surface area (Å²) in [6.45, 7) is 22.1. The van der Waals surface area contributed by atoms with Crippen LogP contribution in [0.1, 0.15) is 116 Å². The summed E-state index contributed by atoms with van der Waals surface area (Å²) in [6, 6.07) is 11.7. The molecule has 3 aromatic carbocycles. The summed E-state index contributed by atoms with van der Waals surface area (Å²) >= 11 is 0. The second-order valence-corrected chi connectivity index (χ2v) is 30.4. The van der Waals surface area contributed by atoms with E-state index >= 15 is 0 Å². The normalized spacial score (nSPS) is 21.3. The van der Waals surface area contributed by atoms with E-state index in [1.807, 2.05) is 24.3 Å². The van der Waals surface area contributed by atoms with Gasteiger partial charge in [0.25, 0.3) is 24.2 Å². The van der Waals surface area contributed by atoms with Crippen molar-refractivity contribution in [3.8, 4) is 11.5 Å². The molecule has 7 amide bonds. The number of carbonyl (C=O) groups excluding carboxylic acids is 7. The molecule has 8 N–H and O–H groups in total. The van der Waals surface area contributed by atoms with Gasteiger partial charge < -0.3 is 56.2 Å². The minimum atomic E-state index is -4.60. The second-order valence-electron chi connectivity index (χ2n) is 23.5. The lowest BCUT2D eigenvalue weighted by Gasteiger charge is -2.42. The summed E-state index contributed by atoms with van der Waals surface area (Å²) in [5.74, 6) is -3.50. The Bertz CT molecular complexity index is 2980. The van der Waals surface area contributed by atoms with Crippen molar-refractivity contribution < 1.29 is 61.0 Å². The summed E-state index contributed by atoms with van der Waals surface area (Å²) in [5, 5.41) is 25.7. The molecule has 24 heteroatoms. The number of aliphatic hydroxyl groups excluding tert-OH is 1. The highest BCUT2D eigenvalue weighted by Gasteiger charge is 2.47.